The van der Waals surface area contributed by atoms with Gasteiger partial charge in [0.2, 0.25) is 0 Å². The highest BCUT2D eigenvalue weighted by atomic mass is 16.5. The number of nitrogens with two attached hydrogens (primary N) is 1. The van der Waals surface area contributed by atoms with Gasteiger partial charge in [0.05, 0.1) is 12.7 Å². The van der Waals surface area contributed by atoms with Crippen LogP contribution in [-0.2, 0) is 0 Å². The summed E-state index contributed by atoms with van der Waals surface area (Å²) < 4.78 is 5.29. The second-order valence-corrected chi connectivity index (χ2v) is 6.89. The van der Waals surface area contributed by atoms with Crippen LogP contribution in [-0.4, -0.2) is 31.0 Å². The first kappa shape index (κ1) is 15.7. The van der Waals surface area contributed by atoms with Crippen LogP contribution in [0.15, 0.2) is 18.2 Å². The van der Waals surface area contributed by atoms with Crippen molar-refractivity contribution in [3.8, 4) is 5.75 Å². The molecule has 116 valence electrons. The molecule has 1 aliphatic heterocycles. The Balaban J connectivity index is 2.09. The van der Waals surface area contributed by atoms with E-state index >= 15 is 0 Å². The first-order chi connectivity index (χ1) is 9.82. The van der Waals surface area contributed by atoms with Crippen LogP contribution in [0.3, 0.4) is 0 Å². The number of likely N-dealkylation sites (tertiary alicyclic amines) is 1. The number of carbonyl (C=O) groups is 1. The number of hydrogen-bond acceptors (Lipinski definition) is 3. The van der Waals surface area contributed by atoms with Crippen LogP contribution in [0.25, 0.3) is 0 Å². The monoisotopic (exact) mass is 290 g/mol. The number of carbonyl (C=O) groups excluding carboxylic acids is 1. The zero-order valence-corrected chi connectivity index (χ0v) is 13.5. The zero-order chi connectivity index (χ0) is 15.6. The van der Waals surface area contributed by atoms with Crippen molar-refractivity contribution < 1.29 is 9.53 Å². The van der Waals surface area contributed by atoms with Gasteiger partial charge in [0.25, 0.3) is 5.91 Å². The fourth-order valence-electron chi connectivity index (χ4n) is 3.00. The zero-order valence-electron chi connectivity index (χ0n) is 13.5. The minimum absolute atomic E-state index is 0.0409. The fourth-order valence-corrected chi connectivity index (χ4v) is 3.00. The predicted molar refractivity (Wildman–Crippen MR) is 85.5 cm³/mol. The summed E-state index contributed by atoms with van der Waals surface area (Å²) in [4.78, 5) is 14.6. The molecule has 1 fully saturated rings. The standard InChI is InChI=1S/C17H26N2O2/c1-17(2,3)12-7-9-19(10-8-12)16(20)14-6-5-13(18)11-15(14)21-4/h5-6,11-12H,7-10,18H2,1-4H3. The van der Waals surface area contributed by atoms with Gasteiger partial charge in [-0.3, -0.25) is 4.79 Å². The molecule has 0 aliphatic carbocycles. The molecular formula is C17H26N2O2. The van der Waals surface area contributed by atoms with Gasteiger partial charge in [-0.1, -0.05) is 20.8 Å². The molecule has 2 N–H and O–H groups in total. The number of nitrogen functional groups attached to an aromatic ring is 1. The summed E-state index contributed by atoms with van der Waals surface area (Å²) in [5, 5.41) is 0. The van der Waals surface area contributed by atoms with Crippen molar-refractivity contribution in [3.63, 3.8) is 0 Å². The number of benzene rings is 1. The Labute approximate surface area is 127 Å². The summed E-state index contributed by atoms with van der Waals surface area (Å²) in [5.41, 5.74) is 7.26. The lowest BCUT2D eigenvalue weighted by atomic mass is 9.75. The molecule has 0 radical (unpaired) electrons. The predicted octanol–water partition coefficient (Wildman–Crippen LogP) is 3.18. The molecule has 0 atom stereocenters. The van der Waals surface area contributed by atoms with Crippen molar-refractivity contribution in [2.75, 3.05) is 25.9 Å². The molecule has 0 bridgehead atoms. The van der Waals surface area contributed by atoms with Crippen molar-refractivity contribution in [3.05, 3.63) is 23.8 Å². The van der Waals surface area contributed by atoms with Crippen LogP contribution in [0.1, 0.15) is 44.0 Å². The minimum atomic E-state index is 0.0409. The van der Waals surface area contributed by atoms with E-state index in [9.17, 15) is 4.79 Å². The van der Waals surface area contributed by atoms with Crippen LogP contribution >= 0.6 is 0 Å². The van der Waals surface area contributed by atoms with Crippen LogP contribution < -0.4 is 10.5 Å². The SMILES string of the molecule is COc1cc(N)ccc1C(=O)N1CCC(C(C)(C)C)CC1. The van der Waals surface area contributed by atoms with Crippen molar-refractivity contribution in [1.82, 2.24) is 4.90 Å². The van der Waals surface area contributed by atoms with Crippen LogP contribution in [0.2, 0.25) is 0 Å². The molecule has 1 aromatic carbocycles. The molecule has 1 aromatic rings. The van der Waals surface area contributed by atoms with Gasteiger partial charge in [0.15, 0.2) is 0 Å². The maximum Gasteiger partial charge on any atom is 0.257 e. The number of methoxy groups -OCH3 is 1. The number of hydrogen-bond donors (Lipinski definition) is 1. The summed E-state index contributed by atoms with van der Waals surface area (Å²) in [6, 6.07) is 5.21. The molecule has 4 heteroatoms. The Bertz CT molecular complexity index is 512. The molecule has 2 rings (SSSR count). The topological polar surface area (TPSA) is 55.6 Å². The molecule has 0 saturated carbocycles. The van der Waals surface area contributed by atoms with E-state index in [1.54, 1.807) is 25.3 Å². The Hall–Kier alpha value is -1.71. The number of ether oxygens (including phenoxy) is 1. The van der Waals surface area contributed by atoms with Crippen LogP contribution in [0.4, 0.5) is 5.69 Å². The van der Waals surface area contributed by atoms with Crippen LogP contribution in [0, 0.1) is 11.3 Å². The first-order valence-corrected chi connectivity index (χ1v) is 7.55. The van der Waals surface area contributed by atoms with E-state index in [1.807, 2.05) is 4.90 Å². The maximum absolute atomic E-state index is 12.7. The largest absolute Gasteiger partial charge is 0.496 e. The van der Waals surface area contributed by atoms with Gasteiger partial charge in [-0.05, 0) is 36.3 Å². The molecule has 0 unspecified atom stereocenters. The highest BCUT2D eigenvalue weighted by Crippen LogP contribution is 2.35. The van der Waals surface area contributed by atoms with Crippen molar-refractivity contribution >= 4 is 11.6 Å². The Morgan fingerprint density at radius 2 is 1.90 bits per heavy atom. The molecular weight excluding hydrogens is 264 g/mol. The molecule has 0 aromatic heterocycles. The lowest BCUT2D eigenvalue weighted by Crippen LogP contribution is -2.41. The van der Waals surface area contributed by atoms with E-state index in [1.165, 1.54) is 0 Å². The van der Waals surface area contributed by atoms with E-state index in [4.69, 9.17) is 10.5 Å². The van der Waals surface area contributed by atoms with E-state index in [2.05, 4.69) is 20.8 Å². The summed E-state index contributed by atoms with van der Waals surface area (Å²) in [6.07, 6.45) is 2.12. The van der Waals surface area contributed by atoms with Crippen molar-refractivity contribution in [1.29, 1.82) is 0 Å². The van der Waals surface area contributed by atoms with Crippen molar-refractivity contribution in [2.45, 2.75) is 33.6 Å². The number of piperidine rings is 1. The number of rotatable bonds is 2. The lowest BCUT2D eigenvalue weighted by molar-refractivity contribution is 0.0605. The Kier molecular flexibility index (Phi) is 4.45. The van der Waals surface area contributed by atoms with Gasteiger partial charge in [-0.15, -0.1) is 0 Å². The highest BCUT2D eigenvalue weighted by molar-refractivity contribution is 5.97. The van der Waals surface area contributed by atoms with Gasteiger partial charge in [0.1, 0.15) is 5.75 Å². The molecule has 1 saturated heterocycles. The third-order valence-electron chi connectivity index (χ3n) is 4.46. The Morgan fingerprint density at radius 1 is 1.29 bits per heavy atom. The van der Waals surface area contributed by atoms with Gasteiger partial charge >= 0.3 is 0 Å². The molecule has 0 spiro atoms. The molecule has 4 nitrogen and oxygen atoms in total. The average molecular weight is 290 g/mol. The van der Waals surface area contributed by atoms with Crippen LogP contribution in [0.5, 0.6) is 5.75 Å². The third kappa shape index (κ3) is 3.49. The molecule has 1 amide bonds. The smallest absolute Gasteiger partial charge is 0.257 e. The summed E-state index contributed by atoms with van der Waals surface area (Å²) >= 11 is 0. The van der Waals surface area contributed by atoms with E-state index in [0.717, 1.165) is 25.9 Å². The first-order valence-electron chi connectivity index (χ1n) is 7.55. The molecule has 1 aliphatic rings. The van der Waals surface area contributed by atoms with Gasteiger partial charge < -0.3 is 15.4 Å². The highest BCUT2D eigenvalue weighted by Gasteiger charge is 2.31. The molecule has 1 heterocycles. The summed E-state index contributed by atoms with van der Waals surface area (Å²) in [6.45, 7) is 8.46. The quantitative estimate of drug-likeness (QED) is 0.851. The summed E-state index contributed by atoms with van der Waals surface area (Å²) in [5.74, 6) is 1.27. The second-order valence-electron chi connectivity index (χ2n) is 6.89. The lowest BCUT2D eigenvalue weighted by Gasteiger charge is -2.38. The number of amides is 1. The average Bonchev–Trinajstić information content (AvgIpc) is 2.45. The van der Waals surface area contributed by atoms with E-state index in [-0.39, 0.29) is 5.91 Å². The van der Waals surface area contributed by atoms with Gasteiger partial charge in [0, 0.05) is 24.8 Å². The van der Waals surface area contributed by atoms with E-state index in [0.29, 0.717) is 28.3 Å². The van der Waals surface area contributed by atoms with Gasteiger partial charge in [-0.25, -0.2) is 0 Å². The number of nitrogens with zero attached hydrogens (tertiary/aromatic N) is 1. The fraction of sp³-hybridized carbons (Fsp3) is 0.588. The summed E-state index contributed by atoms with van der Waals surface area (Å²) in [7, 11) is 1.57. The maximum atomic E-state index is 12.7. The normalized spacial score (nSPS) is 16.9. The van der Waals surface area contributed by atoms with Gasteiger partial charge in [-0.2, -0.15) is 0 Å². The van der Waals surface area contributed by atoms with E-state index < -0.39 is 0 Å². The van der Waals surface area contributed by atoms with Crippen molar-refractivity contribution in [2.24, 2.45) is 11.3 Å². The molecule has 21 heavy (non-hydrogen) atoms. The third-order valence-corrected chi connectivity index (χ3v) is 4.46. The second kappa shape index (κ2) is 5.96. The minimum Gasteiger partial charge on any atom is -0.496 e. The Morgan fingerprint density at radius 3 is 2.43 bits per heavy atom. The number of anilines is 1.